The number of piperidine rings is 1. The quantitative estimate of drug-likeness (QED) is 0.427. The van der Waals surface area contributed by atoms with Crippen LogP contribution >= 0.6 is 11.6 Å². The van der Waals surface area contributed by atoms with Crippen LogP contribution < -0.4 is 10.3 Å². The summed E-state index contributed by atoms with van der Waals surface area (Å²) < 4.78 is 5.83. The maximum absolute atomic E-state index is 13.2. The predicted molar refractivity (Wildman–Crippen MR) is 135 cm³/mol. The number of halogens is 1. The van der Waals surface area contributed by atoms with Crippen LogP contribution in [-0.4, -0.2) is 38.8 Å². The maximum Gasteiger partial charge on any atom is 0.258 e. The molecule has 1 aliphatic rings. The van der Waals surface area contributed by atoms with Crippen LogP contribution in [0.4, 0.5) is 0 Å². The molecule has 8 heteroatoms. The van der Waals surface area contributed by atoms with Crippen molar-refractivity contribution in [2.45, 2.75) is 25.9 Å². The number of likely N-dealkylation sites (tertiary alicyclic amines) is 1. The molecular formula is C27H25ClN4O3. The van der Waals surface area contributed by atoms with Gasteiger partial charge in [0.25, 0.3) is 11.5 Å². The van der Waals surface area contributed by atoms with E-state index < -0.39 is 0 Å². The Morgan fingerprint density at radius 2 is 1.91 bits per heavy atom. The number of ether oxygens (including phenoxy) is 1. The minimum absolute atomic E-state index is 0.0419. The van der Waals surface area contributed by atoms with E-state index in [9.17, 15) is 9.59 Å². The van der Waals surface area contributed by atoms with E-state index in [0.717, 1.165) is 19.3 Å². The zero-order valence-electron chi connectivity index (χ0n) is 19.1. The van der Waals surface area contributed by atoms with Crippen molar-refractivity contribution in [3.8, 4) is 5.75 Å². The van der Waals surface area contributed by atoms with Gasteiger partial charge in [-0.25, -0.2) is 4.98 Å². The Hall–Kier alpha value is -3.71. The SMILES string of the molecule is O=C(c1cc(OCc2nc3cnccc3c(=O)[nH]2)ccc1Cl)N1CCC(Cc2ccccc2)CC1. The number of fused-ring (bicyclic) bond motifs is 1. The Labute approximate surface area is 207 Å². The van der Waals surface area contributed by atoms with Crippen molar-refractivity contribution in [3.63, 3.8) is 0 Å². The topological polar surface area (TPSA) is 88.2 Å². The van der Waals surface area contributed by atoms with E-state index in [2.05, 4.69) is 39.2 Å². The fourth-order valence-corrected chi connectivity index (χ4v) is 4.67. The Bertz CT molecular complexity index is 1400. The average Bonchev–Trinajstić information content (AvgIpc) is 2.89. The van der Waals surface area contributed by atoms with Crippen LogP contribution in [0.15, 0.2) is 71.8 Å². The number of H-pyrrole nitrogens is 1. The second-order valence-electron chi connectivity index (χ2n) is 8.76. The van der Waals surface area contributed by atoms with Gasteiger partial charge in [0.2, 0.25) is 0 Å². The van der Waals surface area contributed by atoms with E-state index >= 15 is 0 Å². The van der Waals surface area contributed by atoms with Crippen molar-refractivity contribution in [2.24, 2.45) is 5.92 Å². The summed E-state index contributed by atoms with van der Waals surface area (Å²) in [5.41, 5.74) is 2.00. The third kappa shape index (κ3) is 5.35. The fraction of sp³-hybridized carbons (Fsp3) is 0.259. The number of pyridine rings is 1. The Morgan fingerprint density at radius 1 is 1.11 bits per heavy atom. The summed E-state index contributed by atoms with van der Waals surface area (Å²) in [6.45, 7) is 1.45. The highest BCUT2D eigenvalue weighted by molar-refractivity contribution is 6.33. The molecule has 178 valence electrons. The standard InChI is InChI=1S/C27H25ClN4O3/c28-23-7-6-20(35-17-25-30-24-16-29-11-8-21(24)26(33)31-25)15-22(23)27(34)32-12-9-19(10-13-32)14-18-4-2-1-3-5-18/h1-8,11,15-16,19H,9-10,12-14,17H2,(H,30,31,33). The zero-order chi connectivity index (χ0) is 24.2. The first-order valence-electron chi connectivity index (χ1n) is 11.7. The number of aromatic amines is 1. The molecule has 7 nitrogen and oxygen atoms in total. The minimum atomic E-state index is -0.251. The van der Waals surface area contributed by atoms with E-state index in [1.54, 1.807) is 30.5 Å². The lowest BCUT2D eigenvalue weighted by molar-refractivity contribution is 0.0690. The summed E-state index contributed by atoms with van der Waals surface area (Å²) in [6, 6.07) is 17.1. The van der Waals surface area contributed by atoms with Crippen LogP contribution in [0.25, 0.3) is 10.9 Å². The Balaban J connectivity index is 1.23. The predicted octanol–water partition coefficient (Wildman–Crippen LogP) is 4.65. The van der Waals surface area contributed by atoms with Crippen molar-refractivity contribution >= 4 is 28.4 Å². The van der Waals surface area contributed by atoms with E-state index in [-0.39, 0.29) is 18.1 Å². The van der Waals surface area contributed by atoms with E-state index in [1.165, 1.54) is 11.8 Å². The number of aromatic nitrogens is 3. The molecule has 1 N–H and O–H groups in total. The van der Waals surface area contributed by atoms with Gasteiger partial charge in [0.15, 0.2) is 0 Å². The molecule has 0 unspecified atom stereocenters. The van der Waals surface area contributed by atoms with Gasteiger partial charge in [0.1, 0.15) is 18.2 Å². The van der Waals surface area contributed by atoms with Gasteiger partial charge in [-0.3, -0.25) is 14.6 Å². The number of hydrogen-bond donors (Lipinski definition) is 1. The van der Waals surface area contributed by atoms with Crippen molar-refractivity contribution in [1.29, 1.82) is 0 Å². The average molecular weight is 489 g/mol. The van der Waals surface area contributed by atoms with Crippen LogP contribution in [0, 0.1) is 5.92 Å². The normalized spacial score (nSPS) is 14.3. The highest BCUT2D eigenvalue weighted by atomic mass is 35.5. The molecule has 2 aromatic carbocycles. The van der Waals surface area contributed by atoms with Gasteiger partial charge in [0.05, 0.1) is 27.7 Å². The maximum atomic E-state index is 13.2. The lowest BCUT2D eigenvalue weighted by atomic mass is 9.90. The van der Waals surface area contributed by atoms with Crippen molar-refractivity contribution in [1.82, 2.24) is 19.9 Å². The number of amides is 1. The van der Waals surface area contributed by atoms with Crippen LogP contribution in [0.5, 0.6) is 5.75 Å². The molecular weight excluding hydrogens is 464 g/mol. The minimum Gasteiger partial charge on any atom is -0.486 e. The van der Waals surface area contributed by atoms with Gasteiger partial charge >= 0.3 is 0 Å². The van der Waals surface area contributed by atoms with Gasteiger partial charge in [0, 0.05) is 19.3 Å². The second-order valence-corrected chi connectivity index (χ2v) is 9.17. The number of nitrogens with zero attached hydrogens (tertiary/aromatic N) is 3. The molecule has 0 atom stereocenters. The molecule has 0 radical (unpaired) electrons. The highest BCUT2D eigenvalue weighted by Gasteiger charge is 2.25. The number of nitrogens with one attached hydrogen (secondary N) is 1. The third-order valence-corrected chi connectivity index (χ3v) is 6.70. The van der Waals surface area contributed by atoms with Crippen LogP contribution in [-0.2, 0) is 13.0 Å². The van der Waals surface area contributed by atoms with E-state index in [4.69, 9.17) is 16.3 Å². The molecule has 2 aromatic heterocycles. The number of hydrogen-bond acceptors (Lipinski definition) is 5. The molecule has 0 saturated carbocycles. The molecule has 1 saturated heterocycles. The number of carbonyl (C=O) groups excluding carboxylic acids is 1. The zero-order valence-corrected chi connectivity index (χ0v) is 19.9. The fourth-order valence-electron chi connectivity index (χ4n) is 4.48. The molecule has 0 aliphatic carbocycles. The molecule has 35 heavy (non-hydrogen) atoms. The highest BCUT2D eigenvalue weighted by Crippen LogP contribution is 2.27. The molecule has 0 spiro atoms. The number of carbonyl (C=O) groups is 1. The number of benzene rings is 2. The summed E-state index contributed by atoms with van der Waals surface area (Å²) >= 11 is 6.38. The molecule has 5 rings (SSSR count). The molecule has 3 heterocycles. The van der Waals surface area contributed by atoms with Crippen molar-refractivity contribution in [3.05, 3.63) is 99.3 Å². The molecule has 1 fully saturated rings. The first kappa shape index (κ1) is 23.1. The first-order valence-corrected chi connectivity index (χ1v) is 12.0. The largest absolute Gasteiger partial charge is 0.486 e. The van der Waals surface area contributed by atoms with Crippen molar-refractivity contribution < 1.29 is 9.53 Å². The first-order chi connectivity index (χ1) is 17.1. The van der Waals surface area contributed by atoms with Gasteiger partial charge < -0.3 is 14.6 Å². The third-order valence-electron chi connectivity index (χ3n) is 6.37. The Kier molecular flexibility index (Phi) is 6.77. The molecule has 1 aliphatic heterocycles. The van der Waals surface area contributed by atoms with Crippen molar-refractivity contribution in [2.75, 3.05) is 13.1 Å². The van der Waals surface area contributed by atoms with Crippen LogP contribution in [0.2, 0.25) is 5.02 Å². The molecule has 1 amide bonds. The van der Waals surface area contributed by atoms with Crippen LogP contribution in [0.1, 0.15) is 34.6 Å². The number of rotatable bonds is 6. The molecule has 4 aromatic rings. The van der Waals surface area contributed by atoms with E-state index in [1.807, 2.05) is 11.0 Å². The molecule has 0 bridgehead atoms. The summed E-state index contributed by atoms with van der Waals surface area (Å²) in [5.74, 6) is 1.32. The second kappa shape index (κ2) is 10.3. The smallest absolute Gasteiger partial charge is 0.258 e. The van der Waals surface area contributed by atoms with Gasteiger partial charge in [-0.1, -0.05) is 41.9 Å². The van der Waals surface area contributed by atoms with Crippen LogP contribution in [0.3, 0.4) is 0 Å². The summed E-state index contributed by atoms with van der Waals surface area (Å²) in [6.07, 6.45) is 6.05. The summed E-state index contributed by atoms with van der Waals surface area (Å²) in [7, 11) is 0. The van der Waals surface area contributed by atoms with Gasteiger partial charge in [-0.15, -0.1) is 0 Å². The Morgan fingerprint density at radius 3 is 2.71 bits per heavy atom. The van der Waals surface area contributed by atoms with Gasteiger partial charge in [-0.2, -0.15) is 0 Å². The summed E-state index contributed by atoms with van der Waals surface area (Å²) in [4.78, 5) is 38.5. The monoisotopic (exact) mass is 488 g/mol. The lowest BCUT2D eigenvalue weighted by Gasteiger charge is -2.32. The van der Waals surface area contributed by atoms with Gasteiger partial charge in [-0.05, 0) is 55.0 Å². The lowest BCUT2D eigenvalue weighted by Crippen LogP contribution is -2.39. The summed E-state index contributed by atoms with van der Waals surface area (Å²) in [5, 5.41) is 0.854. The van der Waals surface area contributed by atoms with E-state index in [0.29, 0.717) is 52.1 Å².